The molecule has 0 saturated carbocycles. The van der Waals surface area contributed by atoms with E-state index < -0.39 is 41.7 Å². The van der Waals surface area contributed by atoms with Crippen molar-refractivity contribution < 1.29 is 27.9 Å². The summed E-state index contributed by atoms with van der Waals surface area (Å²) in [5.41, 5.74) is 5.18. The van der Waals surface area contributed by atoms with Gasteiger partial charge in [-0.3, -0.25) is 14.4 Å². The zero-order valence-corrected chi connectivity index (χ0v) is 11.1. The van der Waals surface area contributed by atoms with Gasteiger partial charge in [-0.05, 0) is 12.5 Å². The molecule has 112 valence electrons. The van der Waals surface area contributed by atoms with Crippen molar-refractivity contribution in [1.82, 2.24) is 4.90 Å². The Labute approximate surface area is 114 Å². The molecular weight excluding hydrogens is 274 g/mol. The molecule has 1 aliphatic rings. The molecule has 6 nitrogen and oxygen atoms in total. The summed E-state index contributed by atoms with van der Waals surface area (Å²) in [6, 6.07) is -0.921. The average Bonchev–Trinajstić information content (AvgIpc) is 2.65. The molecule has 1 fully saturated rings. The number of hydrogen-bond acceptors (Lipinski definition) is 4. The average molecular weight is 290 g/mol. The maximum atomic E-state index is 12.4. The second-order valence-electron chi connectivity index (χ2n) is 4.44. The molecule has 0 aromatic carbocycles. The van der Waals surface area contributed by atoms with E-state index in [0.717, 1.165) is 12.0 Å². The van der Waals surface area contributed by atoms with Crippen molar-refractivity contribution in [3.05, 3.63) is 12.2 Å². The van der Waals surface area contributed by atoms with Crippen LogP contribution >= 0.6 is 0 Å². The lowest BCUT2D eigenvalue weighted by atomic mass is 9.96. The Kier molecular flexibility index (Phi) is 5.18. The Morgan fingerprint density at radius 2 is 2.15 bits per heavy atom. The molecule has 0 aromatic heterocycles. The van der Waals surface area contributed by atoms with Crippen molar-refractivity contribution in [3.63, 3.8) is 0 Å². The van der Waals surface area contributed by atoms with E-state index in [1.165, 1.54) is 0 Å². The number of esters is 1. The van der Waals surface area contributed by atoms with Gasteiger partial charge in [0.2, 0.25) is 11.8 Å². The molecule has 1 rings (SSSR count). The first-order chi connectivity index (χ1) is 9.33. The monoisotopic (exact) mass is 290 g/mol. The van der Waals surface area contributed by atoms with Gasteiger partial charge in [-0.15, -0.1) is 0 Å². The highest BCUT2D eigenvalue weighted by Crippen LogP contribution is 2.30. The SMILES string of the molecule is CCC(C(N)=O)N1CC(C=C(F)F)C(C(=O)OC)C1=O. The number of carbonyl (C=O) groups excluding carboxylic acids is 3. The van der Waals surface area contributed by atoms with E-state index in [1.54, 1.807) is 6.92 Å². The number of carbonyl (C=O) groups is 3. The second kappa shape index (κ2) is 6.44. The van der Waals surface area contributed by atoms with Crippen LogP contribution < -0.4 is 5.73 Å². The van der Waals surface area contributed by atoms with E-state index >= 15 is 0 Å². The van der Waals surface area contributed by atoms with Gasteiger partial charge in [0, 0.05) is 12.5 Å². The smallest absolute Gasteiger partial charge is 0.318 e. The topological polar surface area (TPSA) is 89.7 Å². The third-order valence-electron chi connectivity index (χ3n) is 3.27. The summed E-state index contributed by atoms with van der Waals surface area (Å²) in [5, 5.41) is 0. The maximum Gasteiger partial charge on any atom is 0.318 e. The van der Waals surface area contributed by atoms with E-state index in [1.807, 2.05) is 0 Å². The summed E-state index contributed by atoms with van der Waals surface area (Å²) in [5.74, 6) is -4.76. The van der Waals surface area contributed by atoms with Gasteiger partial charge in [-0.2, -0.15) is 8.78 Å². The van der Waals surface area contributed by atoms with Gasteiger partial charge in [-0.1, -0.05) is 6.92 Å². The highest BCUT2D eigenvalue weighted by Gasteiger charge is 2.48. The van der Waals surface area contributed by atoms with Crippen LogP contribution in [0.5, 0.6) is 0 Å². The summed E-state index contributed by atoms with van der Waals surface area (Å²) in [7, 11) is 1.07. The number of hydrogen-bond donors (Lipinski definition) is 1. The van der Waals surface area contributed by atoms with Crippen LogP contribution in [0.15, 0.2) is 12.2 Å². The van der Waals surface area contributed by atoms with Gasteiger partial charge in [0.1, 0.15) is 12.0 Å². The van der Waals surface area contributed by atoms with Crippen LogP contribution in [0, 0.1) is 11.8 Å². The molecule has 3 atom stereocenters. The number of nitrogens with zero attached hydrogens (tertiary/aromatic N) is 1. The van der Waals surface area contributed by atoms with Gasteiger partial charge >= 0.3 is 5.97 Å². The van der Waals surface area contributed by atoms with E-state index in [0.29, 0.717) is 6.08 Å². The number of amides is 2. The minimum absolute atomic E-state index is 0.169. The van der Waals surface area contributed by atoms with Gasteiger partial charge in [0.05, 0.1) is 7.11 Å². The van der Waals surface area contributed by atoms with Crippen molar-refractivity contribution in [2.75, 3.05) is 13.7 Å². The third-order valence-corrected chi connectivity index (χ3v) is 3.27. The number of ether oxygens (including phenoxy) is 1. The molecule has 0 radical (unpaired) electrons. The Morgan fingerprint density at radius 3 is 2.55 bits per heavy atom. The van der Waals surface area contributed by atoms with Crippen LogP contribution in [-0.4, -0.2) is 42.4 Å². The molecule has 0 aromatic rings. The lowest BCUT2D eigenvalue weighted by Gasteiger charge is -2.24. The van der Waals surface area contributed by atoms with Gasteiger partial charge in [0.15, 0.2) is 0 Å². The van der Waals surface area contributed by atoms with Crippen molar-refractivity contribution >= 4 is 17.8 Å². The molecule has 0 spiro atoms. The number of rotatable bonds is 5. The first-order valence-corrected chi connectivity index (χ1v) is 6.03. The molecule has 1 saturated heterocycles. The van der Waals surface area contributed by atoms with Gasteiger partial charge < -0.3 is 15.4 Å². The fraction of sp³-hybridized carbons (Fsp3) is 0.583. The second-order valence-corrected chi connectivity index (χ2v) is 4.44. The predicted octanol–water partition coefficient (Wildman–Crippen LogP) is 0.278. The minimum atomic E-state index is -1.99. The number of methoxy groups -OCH3 is 1. The van der Waals surface area contributed by atoms with Crippen LogP contribution in [0.25, 0.3) is 0 Å². The van der Waals surface area contributed by atoms with Crippen LogP contribution in [-0.2, 0) is 19.1 Å². The fourth-order valence-corrected chi connectivity index (χ4v) is 2.35. The van der Waals surface area contributed by atoms with E-state index in [9.17, 15) is 23.2 Å². The molecule has 1 aliphatic heterocycles. The summed E-state index contributed by atoms with van der Waals surface area (Å²) >= 11 is 0. The van der Waals surface area contributed by atoms with Crippen molar-refractivity contribution in [2.24, 2.45) is 17.6 Å². The Morgan fingerprint density at radius 1 is 1.55 bits per heavy atom. The fourth-order valence-electron chi connectivity index (χ4n) is 2.35. The standard InChI is InChI=1S/C12H16F2N2O4/c1-3-7(10(15)17)16-5-6(4-8(13)14)9(11(16)18)12(19)20-2/h4,6-7,9H,3,5H2,1-2H3,(H2,15,17). The first-order valence-electron chi connectivity index (χ1n) is 6.03. The highest BCUT2D eigenvalue weighted by molar-refractivity contribution is 6.01. The Hall–Kier alpha value is -1.99. The Bertz CT molecular complexity index is 449. The lowest BCUT2D eigenvalue weighted by Crippen LogP contribution is -2.46. The van der Waals surface area contributed by atoms with Gasteiger partial charge in [0.25, 0.3) is 6.08 Å². The molecular formula is C12H16F2N2O4. The zero-order chi connectivity index (χ0) is 15.4. The zero-order valence-electron chi connectivity index (χ0n) is 11.1. The first kappa shape index (κ1) is 16.1. The number of nitrogens with two attached hydrogens (primary N) is 1. The normalized spacial score (nSPS) is 23.4. The van der Waals surface area contributed by atoms with Gasteiger partial charge in [-0.25, -0.2) is 0 Å². The van der Waals surface area contributed by atoms with Crippen molar-refractivity contribution in [1.29, 1.82) is 0 Å². The highest BCUT2D eigenvalue weighted by atomic mass is 19.3. The minimum Gasteiger partial charge on any atom is -0.468 e. The molecule has 1 heterocycles. The van der Waals surface area contributed by atoms with Crippen LogP contribution in [0.4, 0.5) is 8.78 Å². The third kappa shape index (κ3) is 3.12. The number of likely N-dealkylation sites (tertiary alicyclic amines) is 1. The molecule has 0 aliphatic carbocycles. The predicted molar refractivity (Wildman–Crippen MR) is 64.3 cm³/mol. The van der Waals surface area contributed by atoms with Crippen LogP contribution in [0.1, 0.15) is 13.3 Å². The molecule has 8 heteroatoms. The quantitative estimate of drug-likeness (QED) is 0.581. The summed E-state index contributed by atoms with van der Waals surface area (Å²) in [6.07, 6.45) is -1.22. The van der Waals surface area contributed by atoms with Crippen LogP contribution in [0.2, 0.25) is 0 Å². The maximum absolute atomic E-state index is 12.4. The summed E-state index contributed by atoms with van der Waals surface area (Å²) < 4.78 is 29.3. The molecule has 0 bridgehead atoms. The summed E-state index contributed by atoms with van der Waals surface area (Å²) in [6.45, 7) is 1.46. The van der Waals surface area contributed by atoms with Crippen molar-refractivity contribution in [2.45, 2.75) is 19.4 Å². The van der Waals surface area contributed by atoms with E-state index in [4.69, 9.17) is 5.73 Å². The molecule has 3 unspecified atom stereocenters. The molecule has 2 N–H and O–H groups in total. The van der Waals surface area contributed by atoms with Crippen molar-refractivity contribution in [3.8, 4) is 0 Å². The largest absolute Gasteiger partial charge is 0.468 e. The van der Waals surface area contributed by atoms with E-state index in [2.05, 4.69) is 4.74 Å². The number of halogens is 2. The number of primary amides is 1. The summed E-state index contributed by atoms with van der Waals surface area (Å²) in [4.78, 5) is 36.1. The lowest BCUT2D eigenvalue weighted by molar-refractivity contribution is -0.152. The Balaban J connectivity index is 3.10. The molecule has 20 heavy (non-hydrogen) atoms. The molecule has 2 amide bonds. The van der Waals surface area contributed by atoms with Crippen LogP contribution in [0.3, 0.4) is 0 Å². The van der Waals surface area contributed by atoms with E-state index in [-0.39, 0.29) is 13.0 Å².